The van der Waals surface area contributed by atoms with Crippen molar-refractivity contribution in [2.45, 2.75) is 12.3 Å². The van der Waals surface area contributed by atoms with Crippen molar-refractivity contribution in [3.8, 4) is 11.3 Å². The molecule has 164 valence electrons. The highest BCUT2D eigenvalue weighted by Crippen LogP contribution is 2.34. The number of thiazole rings is 1. The lowest BCUT2D eigenvalue weighted by molar-refractivity contribution is -0.123. The SMILES string of the molecule is O=C1C[C@H](C(=O)Nc2ccc(-c3csc(N4CCOCC4)n3)cc2)c2ccc(F)cc2N1. The minimum Gasteiger partial charge on any atom is -0.378 e. The van der Waals surface area contributed by atoms with Crippen LogP contribution in [-0.2, 0) is 14.3 Å². The summed E-state index contributed by atoms with van der Waals surface area (Å²) < 4.78 is 18.9. The molecule has 9 heteroatoms. The lowest BCUT2D eigenvalue weighted by atomic mass is 9.89. The van der Waals surface area contributed by atoms with Gasteiger partial charge in [0.2, 0.25) is 11.8 Å². The number of morpholine rings is 1. The summed E-state index contributed by atoms with van der Waals surface area (Å²) in [6.07, 6.45) is 0.0195. The van der Waals surface area contributed by atoms with E-state index in [1.165, 1.54) is 12.1 Å². The van der Waals surface area contributed by atoms with Crippen LogP contribution in [0.2, 0.25) is 0 Å². The fourth-order valence-electron chi connectivity index (χ4n) is 3.92. The summed E-state index contributed by atoms with van der Waals surface area (Å²) in [5, 5.41) is 8.50. The summed E-state index contributed by atoms with van der Waals surface area (Å²) in [5.74, 6) is -1.74. The molecule has 0 spiro atoms. The number of hydrogen-bond acceptors (Lipinski definition) is 6. The quantitative estimate of drug-likeness (QED) is 0.628. The van der Waals surface area contributed by atoms with Gasteiger partial charge in [0.1, 0.15) is 5.82 Å². The Labute approximate surface area is 188 Å². The van der Waals surface area contributed by atoms with Crippen LogP contribution >= 0.6 is 11.3 Å². The Bertz CT molecular complexity index is 1160. The van der Waals surface area contributed by atoms with Crippen molar-refractivity contribution in [1.29, 1.82) is 0 Å². The number of hydrogen-bond donors (Lipinski definition) is 2. The van der Waals surface area contributed by atoms with Crippen molar-refractivity contribution in [3.63, 3.8) is 0 Å². The highest BCUT2D eigenvalue weighted by Gasteiger charge is 2.31. The van der Waals surface area contributed by atoms with E-state index in [-0.39, 0.29) is 18.2 Å². The zero-order chi connectivity index (χ0) is 22.1. The van der Waals surface area contributed by atoms with Crippen LogP contribution in [0.25, 0.3) is 11.3 Å². The maximum Gasteiger partial charge on any atom is 0.232 e. The molecule has 2 N–H and O–H groups in total. The maximum atomic E-state index is 13.5. The molecular formula is C23H21FN4O3S. The fourth-order valence-corrected chi connectivity index (χ4v) is 4.81. The van der Waals surface area contributed by atoms with Crippen LogP contribution in [0.4, 0.5) is 20.9 Å². The Morgan fingerprint density at radius 1 is 1.19 bits per heavy atom. The summed E-state index contributed by atoms with van der Waals surface area (Å²) in [6, 6.07) is 11.5. The molecule has 0 bridgehead atoms. The molecule has 1 fully saturated rings. The third kappa shape index (κ3) is 4.21. The van der Waals surface area contributed by atoms with Crippen molar-refractivity contribution >= 4 is 39.7 Å². The van der Waals surface area contributed by atoms with Crippen molar-refractivity contribution in [3.05, 3.63) is 59.2 Å². The van der Waals surface area contributed by atoms with E-state index in [4.69, 9.17) is 9.72 Å². The number of carbonyl (C=O) groups excluding carboxylic acids is 2. The standard InChI is InChI=1S/C23H21FN4O3S/c24-15-3-6-17-18(12-21(29)26-19(17)11-15)22(30)25-16-4-1-14(2-5-16)20-13-32-23(27-20)28-7-9-31-10-8-28/h1-6,11,13,18H,7-10,12H2,(H,25,30)(H,26,29)/t18-/m0/s1. The lowest BCUT2D eigenvalue weighted by Crippen LogP contribution is -2.36. The van der Waals surface area contributed by atoms with Gasteiger partial charge in [0, 0.05) is 41.8 Å². The van der Waals surface area contributed by atoms with Crippen LogP contribution in [0, 0.1) is 5.82 Å². The van der Waals surface area contributed by atoms with Crippen LogP contribution in [0.15, 0.2) is 47.8 Å². The summed E-state index contributed by atoms with van der Waals surface area (Å²) in [7, 11) is 0. The Morgan fingerprint density at radius 3 is 2.75 bits per heavy atom. The average Bonchev–Trinajstić information content (AvgIpc) is 3.29. The maximum absolute atomic E-state index is 13.5. The van der Waals surface area contributed by atoms with Crippen LogP contribution in [0.5, 0.6) is 0 Å². The Hall–Kier alpha value is -3.30. The molecule has 2 aliphatic heterocycles. The van der Waals surface area contributed by atoms with Gasteiger partial charge in [0.15, 0.2) is 5.13 Å². The smallest absolute Gasteiger partial charge is 0.232 e. The van der Waals surface area contributed by atoms with Gasteiger partial charge < -0.3 is 20.3 Å². The number of anilines is 3. The zero-order valence-electron chi connectivity index (χ0n) is 17.1. The molecule has 2 aliphatic rings. The van der Waals surface area contributed by atoms with E-state index in [2.05, 4.69) is 15.5 Å². The van der Waals surface area contributed by atoms with E-state index in [1.54, 1.807) is 17.4 Å². The largest absolute Gasteiger partial charge is 0.378 e. The van der Waals surface area contributed by atoms with Crippen LogP contribution in [0.3, 0.4) is 0 Å². The van der Waals surface area contributed by atoms with Gasteiger partial charge >= 0.3 is 0 Å². The van der Waals surface area contributed by atoms with Gasteiger partial charge in [-0.1, -0.05) is 18.2 Å². The van der Waals surface area contributed by atoms with Gasteiger partial charge in [-0.25, -0.2) is 9.37 Å². The normalized spacial score (nSPS) is 18.1. The third-order valence-electron chi connectivity index (χ3n) is 5.59. The fraction of sp³-hybridized carbons (Fsp3) is 0.261. The van der Waals surface area contributed by atoms with E-state index in [9.17, 15) is 14.0 Å². The number of benzene rings is 2. The van der Waals surface area contributed by atoms with Crippen molar-refractivity contribution in [1.82, 2.24) is 4.98 Å². The molecule has 0 aliphatic carbocycles. The predicted octanol–water partition coefficient (Wildman–Crippen LogP) is 3.85. The highest BCUT2D eigenvalue weighted by atomic mass is 32.1. The summed E-state index contributed by atoms with van der Waals surface area (Å²) in [5.41, 5.74) is 3.41. The molecule has 3 heterocycles. The van der Waals surface area contributed by atoms with Crippen molar-refractivity contribution in [2.75, 3.05) is 41.8 Å². The van der Waals surface area contributed by atoms with Gasteiger partial charge in [0.05, 0.1) is 24.8 Å². The number of nitrogens with one attached hydrogen (secondary N) is 2. The van der Waals surface area contributed by atoms with E-state index in [0.717, 1.165) is 29.5 Å². The molecule has 0 unspecified atom stereocenters. The number of rotatable bonds is 4. The molecule has 2 aromatic carbocycles. The first-order valence-electron chi connectivity index (χ1n) is 10.4. The lowest BCUT2D eigenvalue weighted by Gasteiger charge is -2.26. The Balaban J connectivity index is 1.29. The highest BCUT2D eigenvalue weighted by molar-refractivity contribution is 7.14. The predicted molar refractivity (Wildman–Crippen MR) is 122 cm³/mol. The third-order valence-corrected chi connectivity index (χ3v) is 6.49. The monoisotopic (exact) mass is 452 g/mol. The minimum absolute atomic E-state index is 0.0195. The van der Waals surface area contributed by atoms with Crippen molar-refractivity contribution in [2.24, 2.45) is 0 Å². The van der Waals surface area contributed by atoms with E-state index in [1.807, 2.05) is 29.6 Å². The first-order chi connectivity index (χ1) is 15.6. The van der Waals surface area contributed by atoms with E-state index < -0.39 is 11.7 Å². The topological polar surface area (TPSA) is 83.6 Å². The minimum atomic E-state index is -0.673. The van der Waals surface area contributed by atoms with Crippen molar-refractivity contribution < 1.29 is 18.7 Å². The summed E-state index contributed by atoms with van der Waals surface area (Å²) >= 11 is 1.60. The second-order valence-corrected chi connectivity index (χ2v) is 8.55. The van der Waals surface area contributed by atoms with E-state index in [0.29, 0.717) is 30.2 Å². The van der Waals surface area contributed by atoms with E-state index >= 15 is 0 Å². The average molecular weight is 453 g/mol. The number of carbonyl (C=O) groups is 2. The Kier molecular flexibility index (Phi) is 5.59. The first kappa shape index (κ1) is 20.6. The molecule has 1 saturated heterocycles. The first-order valence-corrected chi connectivity index (χ1v) is 11.2. The number of aromatic nitrogens is 1. The van der Waals surface area contributed by atoms with Gasteiger partial charge in [-0.3, -0.25) is 9.59 Å². The number of fused-ring (bicyclic) bond motifs is 1. The second-order valence-electron chi connectivity index (χ2n) is 7.72. The molecule has 0 saturated carbocycles. The summed E-state index contributed by atoms with van der Waals surface area (Å²) in [4.78, 5) is 31.8. The molecule has 7 nitrogen and oxygen atoms in total. The number of halogens is 1. The number of nitrogens with zero attached hydrogens (tertiary/aromatic N) is 2. The molecule has 1 aromatic heterocycles. The van der Waals surface area contributed by atoms with Crippen LogP contribution in [-0.4, -0.2) is 43.1 Å². The molecule has 5 rings (SSSR count). The second kappa shape index (κ2) is 8.68. The Morgan fingerprint density at radius 2 is 1.97 bits per heavy atom. The summed E-state index contributed by atoms with van der Waals surface area (Å²) in [6.45, 7) is 3.11. The van der Waals surface area contributed by atoms with Gasteiger partial charge in [-0.2, -0.15) is 0 Å². The molecule has 3 aromatic rings. The van der Waals surface area contributed by atoms with Crippen LogP contribution < -0.4 is 15.5 Å². The van der Waals surface area contributed by atoms with Crippen LogP contribution in [0.1, 0.15) is 17.9 Å². The molecule has 32 heavy (non-hydrogen) atoms. The molecule has 0 radical (unpaired) electrons. The van der Waals surface area contributed by atoms with Gasteiger partial charge in [0.25, 0.3) is 0 Å². The molecule has 1 atom stereocenters. The molecule has 2 amide bonds. The molecular weight excluding hydrogens is 431 g/mol. The van der Waals surface area contributed by atoms with Gasteiger partial charge in [-0.05, 0) is 29.8 Å². The zero-order valence-corrected chi connectivity index (χ0v) is 18.0. The number of amides is 2. The number of ether oxygens (including phenoxy) is 1. The van der Waals surface area contributed by atoms with Gasteiger partial charge in [-0.15, -0.1) is 11.3 Å².